The van der Waals surface area contributed by atoms with Crippen LogP contribution in [0, 0.1) is 0 Å². The van der Waals surface area contributed by atoms with Gasteiger partial charge in [-0.3, -0.25) is 4.98 Å². The van der Waals surface area contributed by atoms with Crippen molar-refractivity contribution in [2.45, 2.75) is 6.42 Å². The molecule has 0 bridgehead atoms. The number of anilines is 1. The van der Waals surface area contributed by atoms with E-state index in [-0.39, 0.29) is 6.03 Å². The smallest absolute Gasteiger partial charge is 0.319 e. The Morgan fingerprint density at radius 3 is 2.70 bits per heavy atom. The Labute approximate surface area is 138 Å². The second-order valence-corrected chi connectivity index (χ2v) is 5.80. The lowest BCUT2D eigenvalue weighted by molar-refractivity contribution is 0.252. The maximum Gasteiger partial charge on any atom is 0.319 e. The maximum absolute atomic E-state index is 11.9. The predicted molar refractivity (Wildman–Crippen MR) is 92.5 cm³/mol. The van der Waals surface area contributed by atoms with Gasteiger partial charge in [-0.25, -0.2) is 9.78 Å². The molecule has 0 fully saturated rings. The summed E-state index contributed by atoms with van der Waals surface area (Å²) in [6.45, 7) is 0.564. The number of nitrogens with one attached hydrogen (secondary N) is 2. The van der Waals surface area contributed by atoms with E-state index < -0.39 is 0 Å². The molecule has 0 atom stereocenters. The van der Waals surface area contributed by atoms with Crippen molar-refractivity contribution in [3.8, 4) is 10.6 Å². The van der Waals surface area contributed by atoms with Gasteiger partial charge in [-0.15, -0.1) is 11.3 Å². The van der Waals surface area contributed by atoms with Gasteiger partial charge in [-0.2, -0.15) is 0 Å². The summed E-state index contributed by atoms with van der Waals surface area (Å²) < 4.78 is 0. The minimum Gasteiger partial charge on any atom is -0.338 e. The van der Waals surface area contributed by atoms with Crippen molar-refractivity contribution in [1.29, 1.82) is 0 Å². The van der Waals surface area contributed by atoms with Gasteiger partial charge < -0.3 is 10.6 Å². The lowest BCUT2D eigenvalue weighted by Gasteiger charge is -2.08. The van der Waals surface area contributed by atoms with E-state index in [9.17, 15) is 4.79 Å². The summed E-state index contributed by atoms with van der Waals surface area (Å²) in [6.07, 6.45) is 6.07. The van der Waals surface area contributed by atoms with E-state index in [4.69, 9.17) is 0 Å². The number of aromatic nitrogens is 2. The Balaban J connectivity index is 1.48. The molecule has 0 spiro atoms. The summed E-state index contributed by atoms with van der Waals surface area (Å²) in [5.74, 6) is 0. The normalized spacial score (nSPS) is 10.3. The number of amides is 2. The Morgan fingerprint density at radius 2 is 2.00 bits per heavy atom. The number of pyridine rings is 1. The molecule has 6 heteroatoms. The highest BCUT2D eigenvalue weighted by molar-refractivity contribution is 7.13. The van der Waals surface area contributed by atoms with Crippen molar-refractivity contribution in [3.05, 3.63) is 65.9 Å². The van der Waals surface area contributed by atoms with Crippen molar-refractivity contribution in [1.82, 2.24) is 15.3 Å². The zero-order valence-corrected chi connectivity index (χ0v) is 13.2. The molecular formula is C17H16N4OS. The van der Waals surface area contributed by atoms with E-state index in [0.717, 1.165) is 28.2 Å². The molecule has 116 valence electrons. The fourth-order valence-corrected chi connectivity index (χ4v) is 2.75. The Bertz CT molecular complexity index is 742. The zero-order chi connectivity index (χ0) is 15.9. The van der Waals surface area contributed by atoms with Crippen LogP contribution in [0.2, 0.25) is 0 Å². The number of urea groups is 1. The standard InChI is InChI=1S/C17H16N4OS/c22-17(20-9-7-13-2-1-8-18-12-13)21-15-5-3-14(4-6-15)16-19-10-11-23-16/h1-6,8,10-12H,7,9H2,(H2,20,21,22). The van der Waals surface area contributed by atoms with Gasteiger partial charge in [0.1, 0.15) is 5.01 Å². The topological polar surface area (TPSA) is 66.9 Å². The number of thiazole rings is 1. The van der Waals surface area contributed by atoms with Crippen LogP contribution in [0.5, 0.6) is 0 Å². The quantitative estimate of drug-likeness (QED) is 0.754. The van der Waals surface area contributed by atoms with E-state index in [0.29, 0.717) is 6.54 Å². The summed E-state index contributed by atoms with van der Waals surface area (Å²) in [7, 11) is 0. The summed E-state index contributed by atoms with van der Waals surface area (Å²) >= 11 is 1.59. The largest absolute Gasteiger partial charge is 0.338 e. The third-order valence-corrected chi connectivity index (χ3v) is 4.07. The van der Waals surface area contributed by atoms with Gasteiger partial charge in [0.2, 0.25) is 0 Å². The van der Waals surface area contributed by atoms with Gasteiger partial charge in [-0.05, 0) is 42.3 Å². The molecule has 3 aromatic rings. The summed E-state index contributed by atoms with van der Waals surface area (Å²) in [5.41, 5.74) is 2.90. The minimum atomic E-state index is -0.212. The molecule has 0 unspecified atom stereocenters. The Morgan fingerprint density at radius 1 is 1.13 bits per heavy atom. The monoisotopic (exact) mass is 324 g/mol. The number of nitrogens with zero attached hydrogens (tertiary/aromatic N) is 2. The lowest BCUT2D eigenvalue weighted by atomic mass is 10.2. The molecule has 0 aliphatic carbocycles. The highest BCUT2D eigenvalue weighted by Crippen LogP contribution is 2.23. The first kappa shape index (κ1) is 15.2. The van der Waals surface area contributed by atoms with Crippen molar-refractivity contribution >= 4 is 23.1 Å². The number of rotatable bonds is 5. The maximum atomic E-state index is 11.9. The number of hydrogen-bond donors (Lipinski definition) is 2. The van der Waals surface area contributed by atoms with Gasteiger partial charge in [0.05, 0.1) is 0 Å². The van der Waals surface area contributed by atoms with Crippen LogP contribution in [0.15, 0.2) is 60.4 Å². The highest BCUT2D eigenvalue weighted by atomic mass is 32.1. The van der Waals surface area contributed by atoms with Gasteiger partial charge >= 0.3 is 6.03 Å². The Kier molecular flexibility index (Phi) is 4.95. The van der Waals surface area contributed by atoms with Crippen LogP contribution in [0.1, 0.15) is 5.56 Å². The van der Waals surface area contributed by atoms with E-state index in [1.165, 1.54) is 0 Å². The number of benzene rings is 1. The van der Waals surface area contributed by atoms with E-state index in [1.807, 2.05) is 41.8 Å². The molecule has 0 aliphatic rings. The molecule has 2 heterocycles. The molecule has 0 radical (unpaired) electrons. The summed E-state index contributed by atoms with van der Waals surface area (Å²) in [6, 6.07) is 11.3. The van der Waals surface area contributed by atoms with Crippen LogP contribution in [0.25, 0.3) is 10.6 Å². The second kappa shape index (κ2) is 7.51. The van der Waals surface area contributed by atoms with Crippen LogP contribution in [0.3, 0.4) is 0 Å². The molecule has 23 heavy (non-hydrogen) atoms. The third-order valence-electron chi connectivity index (χ3n) is 3.24. The van der Waals surface area contributed by atoms with E-state index in [1.54, 1.807) is 29.9 Å². The van der Waals surface area contributed by atoms with Gasteiger partial charge in [0.15, 0.2) is 0 Å². The van der Waals surface area contributed by atoms with Crippen molar-refractivity contribution < 1.29 is 4.79 Å². The first-order valence-electron chi connectivity index (χ1n) is 7.25. The van der Waals surface area contributed by atoms with Gasteiger partial charge in [-0.1, -0.05) is 6.07 Å². The fourth-order valence-electron chi connectivity index (χ4n) is 2.10. The number of carbonyl (C=O) groups is 1. The molecule has 1 aromatic carbocycles. The van der Waals surface area contributed by atoms with Crippen LogP contribution >= 0.6 is 11.3 Å². The predicted octanol–water partition coefficient (Wildman–Crippen LogP) is 3.57. The van der Waals surface area contributed by atoms with Crippen LogP contribution in [-0.2, 0) is 6.42 Å². The molecule has 0 saturated carbocycles. The molecule has 5 nitrogen and oxygen atoms in total. The van der Waals surface area contributed by atoms with Crippen molar-refractivity contribution in [2.75, 3.05) is 11.9 Å². The van der Waals surface area contributed by atoms with Crippen LogP contribution in [-0.4, -0.2) is 22.5 Å². The first-order valence-corrected chi connectivity index (χ1v) is 8.13. The average molecular weight is 324 g/mol. The Hall–Kier alpha value is -2.73. The van der Waals surface area contributed by atoms with E-state index >= 15 is 0 Å². The van der Waals surface area contributed by atoms with E-state index in [2.05, 4.69) is 20.6 Å². The molecule has 2 N–H and O–H groups in total. The van der Waals surface area contributed by atoms with Crippen LogP contribution in [0.4, 0.5) is 10.5 Å². The molecular weight excluding hydrogens is 308 g/mol. The summed E-state index contributed by atoms with van der Waals surface area (Å²) in [4.78, 5) is 20.2. The fraction of sp³-hybridized carbons (Fsp3) is 0.118. The lowest BCUT2D eigenvalue weighted by Crippen LogP contribution is -2.30. The molecule has 2 amide bonds. The second-order valence-electron chi connectivity index (χ2n) is 4.91. The molecule has 3 rings (SSSR count). The minimum absolute atomic E-state index is 0.212. The molecule has 2 aromatic heterocycles. The van der Waals surface area contributed by atoms with Crippen molar-refractivity contribution in [2.24, 2.45) is 0 Å². The summed E-state index contributed by atoms with van der Waals surface area (Å²) in [5, 5.41) is 8.56. The number of carbonyl (C=O) groups excluding carboxylic acids is 1. The SMILES string of the molecule is O=C(NCCc1cccnc1)Nc1ccc(-c2nccs2)cc1. The first-order chi connectivity index (χ1) is 11.3. The van der Waals surface area contributed by atoms with Crippen molar-refractivity contribution in [3.63, 3.8) is 0 Å². The molecule has 0 saturated heterocycles. The van der Waals surface area contributed by atoms with Crippen LogP contribution < -0.4 is 10.6 Å². The third kappa shape index (κ3) is 4.37. The molecule has 0 aliphatic heterocycles. The number of hydrogen-bond acceptors (Lipinski definition) is 4. The highest BCUT2D eigenvalue weighted by Gasteiger charge is 2.03. The van der Waals surface area contributed by atoms with Gasteiger partial charge in [0.25, 0.3) is 0 Å². The zero-order valence-electron chi connectivity index (χ0n) is 12.4. The van der Waals surface area contributed by atoms with Gasteiger partial charge in [0, 0.05) is 41.8 Å². The average Bonchev–Trinajstić information content (AvgIpc) is 3.11.